The van der Waals surface area contributed by atoms with Crippen molar-refractivity contribution in [2.45, 2.75) is 41.2 Å². The number of nitriles is 1. The number of aromatic nitrogens is 3. The van der Waals surface area contributed by atoms with Crippen LogP contribution in [0.15, 0.2) is 48.8 Å². The number of nitrogens with zero attached hydrogens (tertiary/aromatic N) is 5. The van der Waals surface area contributed by atoms with Gasteiger partial charge in [-0.2, -0.15) is 5.26 Å². The largest absolute Gasteiger partial charge is 0.434 e. The number of aryl methyl sites for hydroxylation is 2. The predicted octanol–water partition coefficient (Wildman–Crippen LogP) is 6.28. The van der Waals surface area contributed by atoms with Crippen LogP contribution in [0.1, 0.15) is 44.5 Å². The number of hydrogen-bond donors (Lipinski definition) is 2. The van der Waals surface area contributed by atoms with E-state index in [1.807, 2.05) is 58.4 Å². The summed E-state index contributed by atoms with van der Waals surface area (Å²) in [4.78, 5) is 10.7. The molecule has 2 aromatic carbocycles. The van der Waals surface area contributed by atoms with E-state index in [0.717, 1.165) is 49.6 Å². The lowest BCUT2D eigenvalue weighted by Gasteiger charge is -2.27. The van der Waals surface area contributed by atoms with Crippen molar-refractivity contribution >= 4 is 22.4 Å². The normalized spacial score (nSPS) is 13.0. The van der Waals surface area contributed by atoms with Crippen LogP contribution in [-0.2, 0) is 13.6 Å². The van der Waals surface area contributed by atoms with E-state index in [4.69, 9.17) is 4.74 Å². The molecule has 0 saturated carbocycles. The molecule has 3 heterocycles. The molecular weight excluding hydrogens is 493 g/mol. The quantitative estimate of drug-likeness (QED) is 0.302. The van der Waals surface area contributed by atoms with Crippen LogP contribution in [0, 0.1) is 24.1 Å². The van der Waals surface area contributed by atoms with Gasteiger partial charge >= 0.3 is 0 Å². The average Bonchev–Trinajstić information content (AvgIpc) is 3.28. The fraction of sp³-hybridized carbons (Fsp3) is 0.367. The molecule has 39 heavy (non-hydrogen) atoms. The molecule has 1 saturated heterocycles. The van der Waals surface area contributed by atoms with E-state index < -0.39 is 5.82 Å². The van der Waals surface area contributed by atoms with E-state index in [-0.39, 0.29) is 17.2 Å². The smallest absolute Gasteiger partial charge is 0.242 e. The number of ether oxygens (including phenoxy) is 1. The summed E-state index contributed by atoms with van der Waals surface area (Å²) in [6.45, 7) is 14.9. The Morgan fingerprint density at radius 3 is 2.41 bits per heavy atom. The van der Waals surface area contributed by atoms with Gasteiger partial charge in [-0.1, -0.05) is 39.8 Å². The molecule has 0 bridgehead atoms. The Labute approximate surface area is 230 Å². The first-order valence-electron chi connectivity index (χ1n) is 13.5. The zero-order valence-corrected chi connectivity index (χ0v) is 23.7. The maximum atomic E-state index is 15.1. The molecule has 1 fully saturated rings. The van der Waals surface area contributed by atoms with Gasteiger partial charge in [-0.25, -0.2) is 14.4 Å². The molecule has 4 aromatic rings. The molecular formula is C30H38FN7O. The average molecular weight is 532 g/mol. The first kappa shape index (κ1) is 29.6. The number of benzene rings is 2. The van der Waals surface area contributed by atoms with Crippen molar-refractivity contribution in [1.29, 1.82) is 5.26 Å². The van der Waals surface area contributed by atoms with Gasteiger partial charge < -0.3 is 19.9 Å². The van der Waals surface area contributed by atoms with Gasteiger partial charge in [-0.05, 0) is 42.8 Å². The molecule has 0 atom stereocenters. The minimum atomic E-state index is -0.497. The van der Waals surface area contributed by atoms with Crippen molar-refractivity contribution in [2.24, 2.45) is 7.05 Å². The number of piperazine rings is 1. The van der Waals surface area contributed by atoms with Gasteiger partial charge in [0.2, 0.25) is 5.88 Å². The lowest BCUT2D eigenvalue weighted by atomic mass is 10.1. The van der Waals surface area contributed by atoms with Gasteiger partial charge in [0.05, 0.1) is 5.52 Å². The highest BCUT2D eigenvalue weighted by molar-refractivity contribution is 5.83. The van der Waals surface area contributed by atoms with Crippen LogP contribution in [0.2, 0.25) is 0 Å². The Kier molecular flexibility index (Phi) is 10.8. The highest BCUT2D eigenvalue weighted by Gasteiger charge is 2.18. The fourth-order valence-electron chi connectivity index (χ4n) is 4.27. The molecule has 2 N–H and O–H groups in total. The molecule has 8 nitrogen and oxygen atoms in total. The number of hydrogen-bond acceptors (Lipinski definition) is 7. The third kappa shape index (κ3) is 6.91. The van der Waals surface area contributed by atoms with Gasteiger partial charge in [0.1, 0.15) is 12.4 Å². The predicted molar refractivity (Wildman–Crippen MR) is 155 cm³/mol. The van der Waals surface area contributed by atoms with E-state index in [2.05, 4.69) is 43.7 Å². The monoisotopic (exact) mass is 531 g/mol. The summed E-state index contributed by atoms with van der Waals surface area (Å²) >= 11 is 0. The Hall–Kier alpha value is -4.00. The highest BCUT2D eigenvalue weighted by atomic mass is 19.1. The zero-order valence-electron chi connectivity index (χ0n) is 23.7. The van der Waals surface area contributed by atoms with Gasteiger partial charge in [0, 0.05) is 56.5 Å². The number of fused-ring (bicyclic) bond motifs is 1. The number of anilines is 2. The second kappa shape index (κ2) is 14.2. The van der Waals surface area contributed by atoms with Crippen LogP contribution in [0.3, 0.4) is 0 Å². The van der Waals surface area contributed by atoms with Crippen molar-refractivity contribution in [3.05, 3.63) is 71.4 Å². The molecule has 206 valence electrons. The Balaban J connectivity index is 0.00000100. The van der Waals surface area contributed by atoms with Crippen molar-refractivity contribution in [3.63, 3.8) is 0 Å². The highest BCUT2D eigenvalue weighted by Crippen LogP contribution is 2.33. The summed E-state index contributed by atoms with van der Waals surface area (Å²) < 4.78 is 22.8. The maximum Gasteiger partial charge on any atom is 0.242 e. The van der Waals surface area contributed by atoms with Crippen LogP contribution in [0.4, 0.5) is 15.9 Å². The van der Waals surface area contributed by atoms with E-state index in [1.54, 1.807) is 18.2 Å². The van der Waals surface area contributed by atoms with Gasteiger partial charge in [0.25, 0.3) is 0 Å². The molecule has 2 aromatic heterocycles. The van der Waals surface area contributed by atoms with Crippen molar-refractivity contribution < 1.29 is 9.13 Å². The molecule has 0 unspecified atom stereocenters. The van der Waals surface area contributed by atoms with E-state index >= 15 is 4.39 Å². The van der Waals surface area contributed by atoms with Crippen LogP contribution in [0.5, 0.6) is 11.6 Å². The fourth-order valence-corrected chi connectivity index (χ4v) is 4.27. The molecule has 0 amide bonds. The molecule has 1 aliphatic rings. The van der Waals surface area contributed by atoms with Crippen molar-refractivity contribution in [1.82, 2.24) is 24.8 Å². The van der Waals surface area contributed by atoms with Crippen LogP contribution >= 0.6 is 0 Å². The maximum absolute atomic E-state index is 15.1. The summed E-state index contributed by atoms with van der Waals surface area (Å²) in [7, 11) is 1.88. The summed E-state index contributed by atoms with van der Waals surface area (Å²) in [6.07, 6.45) is 1.29. The Bertz CT molecular complexity index is 1400. The summed E-state index contributed by atoms with van der Waals surface area (Å²) in [5.74, 6) is -0.208. The third-order valence-electron chi connectivity index (χ3n) is 6.33. The molecule has 0 spiro atoms. The van der Waals surface area contributed by atoms with Crippen LogP contribution in [0.25, 0.3) is 10.9 Å². The number of halogens is 1. The lowest BCUT2D eigenvalue weighted by Crippen LogP contribution is -2.42. The minimum absolute atomic E-state index is 0.00140. The third-order valence-corrected chi connectivity index (χ3v) is 6.33. The van der Waals surface area contributed by atoms with Gasteiger partial charge in [0.15, 0.2) is 22.9 Å². The number of rotatable bonds is 6. The van der Waals surface area contributed by atoms with E-state index in [1.165, 1.54) is 11.9 Å². The lowest BCUT2D eigenvalue weighted by molar-refractivity contribution is 0.233. The Morgan fingerprint density at radius 1 is 1.05 bits per heavy atom. The van der Waals surface area contributed by atoms with Gasteiger partial charge in [-0.15, -0.1) is 0 Å². The molecule has 5 rings (SSSR count). The second-order valence-electron chi connectivity index (χ2n) is 8.62. The molecule has 0 aliphatic carbocycles. The summed E-state index contributed by atoms with van der Waals surface area (Å²) in [5, 5.41) is 16.8. The molecule has 9 heteroatoms. The van der Waals surface area contributed by atoms with Crippen molar-refractivity contribution in [2.75, 3.05) is 31.5 Å². The first-order chi connectivity index (χ1) is 19.0. The number of nitrogens with one attached hydrogen (secondary N) is 2. The summed E-state index contributed by atoms with van der Waals surface area (Å²) in [5.41, 5.74) is 3.79. The van der Waals surface area contributed by atoms with Crippen LogP contribution in [-0.4, -0.2) is 45.6 Å². The SMILES string of the molecule is CC.CC.Cc1cc2c(F)c(Oc3ncnc(Nc4ccc(CN5CCNCC5)cc4)c3C#N)ccc2n1C. The molecule has 0 radical (unpaired) electrons. The second-order valence-corrected chi connectivity index (χ2v) is 8.62. The van der Waals surface area contributed by atoms with E-state index in [0.29, 0.717) is 11.2 Å². The standard InChI is InChI=1S/C26H26FN7O.2C2H6/c1-17-13-20-22(33(17)2)7-8-23(24(20)27)35-26-21(14-28)25(30-16-31-26)32-19-5-3-18(4-6-19)15-34-11-9-29-10-12-34;2*1-2/h3-8,13,16,29H,9-12,15H2,1-2H3,(H,30,31,32);2*1-2H3. The van der Waals surface area contributed by atoms with Gasteiger partial charge in [-0.3, -0.25) is 4.90 Å². The summed E-state index contributed by atoms with van der Waals surface area (Å²) in [6, 6.07) is 15.2. The van der Waals surface area contributed by atoms with E-state index in [9.17, 15) is 5.26 Å². The Morgan fingerprint density at radius 2 is 1.74 bits per heavy atom. The van der Waals surface area contributed by atoms with Crippen molar-refractivity contribution in [3.8, 4) is 17.7 Å². The molecule has 1 aliphatic heterocycles. The first-order valence-corrected chi connectivity index (χ1v) is 13.5. The topological polar surface area (TPSA) is 91.0 Å². The minimum Gasteiger partial charge on any atom is -0.434 e. The zero-order chi connectivity index (χ0) is 28.4. The van der Waals surface area contributed by atoms with Crippen LogP contribution < -0.4 is 15.4 Å².